The van der Waals surface area contributed by atoms with Crippen LogP contribution in [0.25, 0.3) is 0 Å². The zero-order valence-electron chi connectivity index (χ0n) is 9.00. The first-order chi connectivity index (χ1) is 7.00. The van der Waals surface area contributed by atoms with E-state index in [1.165, 1.54) is 12.1 Å². The summed E-state index contributed by atoms with van der Waals surface area (Å²) < 4.78 is 12.9. The molecule has 3 N–H and O–H groups in total. The van der Waals surface area contributed by atoms with Crippen LogP contribution < -0.4 is 5.73 Å². The van der Waals surface area contributed by atoms with Gasteiger partial charge in [0, 0.05) is 6.54 Å². The standard InChI is InChI=1S/C11H16FN3/c1-8(11(13)14)15(2)7-9-4-3-5-10(12)6-9/h3-6,8H,7H2,1-2H3,(H3,13,14). The summed E-state index contributed by atoms with van der Waals surface area (Å²) >= 11 is 0. The topological polar surface area (TPSA) is 53.1 Å². The van der Waals surface area contributed by atoms with E-state index in [2.05, 4.69) is 0 Å². The van der Waals surface area contributed by atoms with E-state index in [4.69, 9.17) is 11.1 Å². The Morgan fingerprint density at radius 1 is 1.60 bits per heavy atom. The van der Waals surface area contributed by atoms with Crippen LogP contribution in [0.2, 0.25) is 0 Å². The molecule has 0 bridgehead atoms. The van der Waals surface area contributed by atoms with E-state index < -0.39 is 0 Å². The Morgan fingerprint density at radius 3 is 2.80 bits per heavy atom. The van der Waals surface area contributed by atoms with Gasteiger partial charge in [-0.2, -0.15) is 0 Å². The minimum absolute atomic E-state index is 0.119. The van der Waals surface area contributed by atoms with Crippen molar-refractivity contribution in [2.24, 2.45) is 5.73 Å². The summed E-state index contributed by atoms with van der Waals surface area (Å²) in [4.78, 5) is 1.90. The quantitative estimate of drug-likeness (QED) is 0.584. The van der Waals surface area contributed by atoms with Gasteiger partial charge in [-0.05, 0) is 31.7 Å². The third-order valence-corrected chi connectivity index (χ3v) is 2.43. The SMILES string of the molecule is CC(C(=N)N)N(C)Cc1cccc(F)c1. The highest BCUT2D eigenvalue weighted by atomic mass is 19.1. The highest BCUT2D eigenvalue weighted by molar-refractivity contribution is 5.82. The molecular weight excluding hydrogens is 193 g/mol. The van der Waals surface area contributed by atoms with Crippen molar-refractivity contribution in [1.29, 1.82) is 5.41 Å². The fourth-order valence-electron chi connectivity index (χ4n) is 1.30. The van der Waals surface area contributed by atoms with Crippen molar-refractivity contribution >= 4 is 5.84 Å². The molecule has 0 spiro atoms. The average molecular weight is 209 g/mol. The molecule has 0 saturated heterocycles. The summed E-state index contributed by atoms with van der Waals surface area (Å²) in [6, 6.07) is 6.30. The molecule has 1 aromatic rings. The van der Waals surface area contributed by atoms with Crippen molar-refractivity contribution in [3.05, 3.63) is 35.6 Å². The van der Waals surface area contributed by atoms with E-state index in [1.807, 2.05) is 24.9 Å². The Kier molecular flexibility index (Phi) is 3.80. The number of nitrogens with one attached hydrogen (secondary N) is 1. The van der Waals surface area contributed by atoms with Gasteiger partial charge in [-0.1, -0.05) is 12.1 Å². The number of hydrogen-bond donors (Lipinski definition) is 2. The Balaban J connectivity index is 2.66. The summed E-state index contributed by atoms with van der Waals surface area (Å²) in [5.74, 6) is -0.120. The van der Waals surface area contributed by atoms with Gasteiger partial charge in [-0.25, -0.2) is 4.39 Å². The van der Waals surface area contributed by atoms with Gasteiger partial charge >= 0.3 is 0 Å². The molecule has 0 aliphatic rings. The third kappa shape index (κ3) is 3.32. The van der Waals surface area contributed by atoms with Gasteiger partial charge in [-0.3, -0.25) is 10.3 Å². The maximum Gasteiger partial charge on any atom is 0.123 e. The molecule has 0 saturated carbocycles. The third-order valence-electron chi connectivity index (χ3n) is 2.43. The monoisotopic (exact) mass is 209 g/mol. The Hall–Kier alpha value is -1.42. The van der Waals surface area contributed by atoms with Crippen molar-refractivity contribution in [2.75, 3.05) is 7.05 Å². The van der Waals surface area contributed by atoms with Gasteiger partial charge in [0.05, 0.1) is 6.04 Å². The van der Waals surface area contributed by atoms with Crippen LogP contribution in [0.5, 0.6) is 0 Å². The molecule has 0 heterocycles. The van der Waals surface area contributed by atoms with Gasteiger partial charge in [0.25, 0.3) is 0 Å². The molecule has 0 aromatic heterocycles. The normalized spacial score (nSPS) is 12.8. The molecule has 0 aliphatic heterocycles. The number of amidine groups is 1. The molecule has 3 nitrogen and oxygen atoms in total. The minimum atomic E-state index is -0.239. The number of nitrogens with zero attached hydrogens (tertiary/aromatic N) is 1. The summed E-state index contributed by atoms with van der Waals surface area (Å²) in [5.41, 5.74) is 6.27. The fourth-order valence-corrected chi connectivity index (χ4v) is 1.30. The van der Waals surface area contributed by atoms with E-state index in [-0.39, 0.29) is 17.7 Å². The second-order valence-corrected chi connectivity index (χ2v) is 3.68. The van der Waals surface area contributed by atoms with Gasteiger partial charge in [0.1, 0.15) is 11.7 Å². The minimum Gasteiger partial charge on any atom is -0.386 e. The maximum absolute atomic E-state index is 12.9. The summed E-state index contributed by atoms with van der Waals surface area (Å²) in [6.45, 7) is 2.43. The second kappa shape index (κ2) is 4.89. The number of likely N-dealkylation sites (N-methyl/N-ethyl adjacent to an activating group) is 1. The zero-order chi connectivity index (χ0) is 11.4. The number of halogens is 1. The lowest BCUT2D eigenvalue weighted by Gasteiger charge is -2.23. The van der Waals surface area contributed by atoms with Crippen LogP contribution in [0, 0.1) is 11.2 Å². The Labute approximate surface area is 89.2 Å². The molecule has 1 aromatic carbocycles. The molecule has 1 unspecified atom stereocenters. The molecule has 0 amide bonds. The van der Waals surface area contributed by atoms with E-state index in [1.54, 1.807) is 6.07 Å². The summed E-state index contributed by atoms with van der Waals surface area (Å²) in [5, 5.41) is 7.30. The predicted octanol–water partition coefficient (Wildman–Crippen LogP) is 1.58. The lowest BCUT2D eigenvalue weighted by atomic mass is 10.2. The molecule has 1 rings (SSSR count). The maximum atomic E-state index is 12.9. The predicted molar refractivity (Wildman–Crippen MR) is 59.2 cm³/mol. The van der Waals surface area contributed by atoms with Crippen molar-refractivity contribution in [3.8, 4) is 0 Å². The zero-order valence-corrected chi connectivity index (χ0v) is 9.00. The Bertz CT molecular complexity index is 351. The number of rotatable bonds is 4. The van der Waals surface area contributed by atoms with Crippen molar-refractivity contribution in [2.45, 2.75) is 19.5 Å². The van der Waals surface area contributed by atoms with Crippen LogP contribution in [0.15, 0.2) is 24.3 Å². The summed E-state index contributed by atoms with van der Waals surface area (Å²) in [6.07, 6.45) is 0. The van der Waals surface area contributed by atoms with Crippen LogP contribution in [-0.2, 0) is 6.54 Å². The highest BCUT2D eigenvalue weighted by Crippen LogP contribution is 2.08. The first kappa shape index (κ1) is 11.7. The van der Waals surface area contributed by atoms with E-state index >= 15 is 0 Å². The van der Waals surface area contributed by atoms with Crippen molar-refractivity contribution < 1.29 is 4.39 Å². The highest BCUT2D eigenvalue weighted by Gasteiger charge is 2.11. The van der Waals surface area contributed by atoms with Crippen molar-refractivity contribution in [1.82, 2.24) is 4.90 Å². The average Bonchev–Trinajstić information content (AvgIpc) is 2.16. The number of benzene rings is 1. The smallest absolute Gasteiger partial charge is 0.123 e. The van der Waals surface area contributed by atoms with Crippen LogP contribution in [-0.4, -0.2) is 23.8 Å². The Morgan fingerprint density at radius 2 is 2.27 bits per heavy atom. The van der Waals surface area contributed by atoms with Gasteiger partial charge in [0.2, 0.25) is 0 Å². The van der Waals surface area contributed by atoms with E-state index in [0.717, 1.165) is 5.56 Å². The molecule has 4 heteroatoms. The van der Waals surface area contributed by atoms with Crippen LogP contribution in [0.1, 0.15) is 12.5 Å². The largest absolute Gasteiger partial charge is 0.386 e. The molecule has 0 radical (unpaired) electrons. The molecule has 1 atom stereocenters. The second-order valence-electron chi connectivity index (χ2n) is 3.68. The molecular formula is C11H16FN3. The first-order valence-corrected chi connectivity index (χ1v) is 4.79. The van der Waals surface area contributed by atoms with Gasteiger partial charge in [-0.15, -0.1) is 0 Å². The van der Waals surface area contributed by atoms with Gasteiger partial charge in [0.15, 0.2) is 0 Å². The molecule has 82 valence electrons. The lowest BCUT2D eigenvalue weighted by molar-refractivity contribution is 0.301. The van der Waals surface area contributed by atoms with Crippen LogP contribution in [0.3, 0.4) is 0 Å². The number of nitrogens with two attached hydrogens (primary N) is 1. The first-order valence-electron chi connectivity index (χ1n) is 4.79. The van der Waals surface area contributed by atoms with Crippen LogP contribution in [0.4, 0.5) is 4.39 Å². The van der Waals surface area contributed by atoms with Gasteiger partial charge < -0.3 is 5.73 Å². The van der Waals surface area contributed by atoms with E-state index in [9.17, 15) is 4.39 Å². The molecule has 0 fully saturated rings. The lowest BCUT2D eigenvalue weighted by Crippen LogP contribution is -2.39. The fraction of sp³-hybridized carbons (Fsp3) is 0.364. The number of hydrogen-bond acceptors (Lipinski definition) is 2. The summed E-state index contributed by atoms with van der Waals surface area (Å²) in [7, 11) is 1.86. The van der Waals surface area contributed by atoms with E-state index in [0.29, 0.717) is 6.54 Å². The molecule has 0 aliphatic carbocycles. The van der Waals surface area contributed by atoms with Crippen LogP contribution >= 0.6 is 0 Å². The van der Waals surface area contributed by atoms with Crippen molar-refractivity contribution in [3.63, 3.8) is 0 Å². The molecule has 15 heavy (non-hydrogen) atoms.